The van der Waals surface area contributed by atoms with Gasteiger partial charge in [-0.15, -0.1) is 0 Å². The Morgan fingerprint density at radius 3 is 1.71 bits per heavy atom. The molecule has 0 amide bonds. The average Bonchev–Trinajstić information content (AvgIpc) is 2.56. The van der Waals surface area contributed by atoms with Gasteiger partial charge in [-0.1, -0.05) is 46.9 Å². The summed E-state index contributed by atoms with van der Waals surface area (Å²) in [6.45, 7) is 5.56. The Bertz CT molecular complexity index is 654. The normalized spacial score (nSPS) is 16.5. The van der Waals surface area contributed by atoms with Crippen LogP contribution in [0.5, 0.6) is 0 Å². The second-order valence-corrected chi connectivity index (χ2v) is 7.27. The van der Waals surface area contributed by atoms with Gasteiger partial charge in [0, 0.05) is 39.3 Å². The van der Waals surface area contributed by atoms with Gasteiger partial charge >= 0.3 is 0 Å². The van der Waals surface area contributed by atoms with Crippen LogP contribution in [0.2, 0.25) is 15.1 Å². The predicted octanol–water partition coefficient (Wildman–Crippen LogP) is 5.10. The summed E-state index contributed by atoms with van der Waals surface area (Å²) in [6, 6.07) is 10.7. The van der Waals surface area contributed by atoms with Crippen LogP contribution < -0.4 is 0 Å². The molecule has 0 aromatic heterocycles. The number of benzene rings is 2. The molecular formula is C18H18Cl3FN2. The molecule has 1 fully saturated rings. The maximum atomic E-state index is 13.2. The number of rotatable bonds is 4. The molecule has 2 aromatic carbocycles. The smallest absolute Gasteiger partial charge is 0.141 e. The molecule has 1 heterocycles. The monoisotopic (exact) mass is 386 g/mol. The fourth-order valence-corrected chi connectivity index (χ4v) is 3.42. The van der Waals surface area contributed by atoms with E-state index >= 15 is 0 Å². The van der Waals surface area contributed by atoms with Crippen LogP contribution in [0, 0.1) is 5.82 Å². The van der Waals surface area contributed by atoms with Crippen molar-refractivity contribution in [3.63, 3.8) is 0 Å². The van der Waals surface area contributed by atoms with Gasteiger partial charge in [-0.3, -0.25) is 9.80 Å². The van der Waals surface area contributed by atoms with Crippen LogP contribution in [0.3, 0.4) is 0 Å². The van der Waals surface area contributed by atoms with Crippen LogP contribution in [-0.2, 0) is 13.1 Å². The van der Waals surface area contributed by atoms with Gasteiger partial charge in [0.15, 0.2) is 0 Å². The van der Waals surface area contributed by atoms with Crippen molar-refractivity contribution < 1.29 is 4.39 Å². The summed E-state index contributed by atoms with van der Waals surface area (Å²) in [5.74, 6) is -0.369. The molecule has 24 heavy (non-hydrogen) atoms. The highest BCUT2D eigenvalue weighted by Crippen LogP contribution is 2.23. The summed E-state index contributed by atoms with van der Waals surface area (Å²) in [5, 5.41) is 1.37. The summed E-state index contributed by atoms with van der Waals surface area (Å²) in [4.78, 5) is 4.75. The van der Waals surface area contributed by atoms with Gasteiger partial charge in [0.05, 0.1) is 15.1 Å². The van der Waals surface area contributed by atoms with Crippen LogP contribution in [0.1, 0.15) is 11.1 Å². The Hall–Kier alpha value is -0.840. The van der Waals surface area contributed by atoms with Crippen molar-refractivity contribution in [1.82, 2.24) is 9.80 Å². The lowest BCUT2D eigenvalue weighted by Crippen LogP contribution is -2.45. The van der Waals surface area contributed by atoms with E-state index in [1.807, 2.05) is 18.2 Å². The minimum absolute atomic E-state index is 0.186. The molecule has 128 valence electrons. The SMILES string of the molecule is Fc1ccc(CN2CCN(Cc3ccc(Cl)c(Cl)c3)CC2)cc1Cl. The molecule has 3 rings (SSSR count). The van der Waals surface area contributed by atoms with Crippen molar-refractivity contribution in [3.8, 4) is 0 Å². The first-order valence-corrected chi connectivity index (χ1v) is 8.97. The minimum atomic E-state index is -0.369. The maximum Gasteiger partial charge on any atom is 0.141 e. The molecule has 0 atom stereocenters. The van der Waals surface area contributed by atoms with Gasteiger partial charge in [0.2, 0.25) is 0 Å². The molecule has 6 heteroatoms. The zero-order valence-corrected chi connectivity index (χ0v) is 15.4. The quantitative estimate of drug-likeness (QED) is 0.720. The molecule has 1 saturated heterocycles. The van der Waals surface area contributed by atoms with E-state index in [0.29, 0.717) is 10.0 Å². The van der Waals surface area contributed by atoms with E-state index in [1.165, 1.54) is 11.6 Å². The van der Waals surface area contributed by atoms with Gasteiger partial charge in [0.1, 0.15) is 5.82 Å². The van der Waals surface area contributed by atoms with Crippen molar-refractivity contribution in [2.75, 3.05) is 26.2 Å². The zero-order chi connectivity index (χ0) is 17.1. The molecule has 0 radical (unpaired) electrons. The molecule has 0 unspecified atom stereocenters. The number of halogens is 4. The lowest BCUT2D eigenvalue weighted by molar-refractivity contribution is 0.122. The molecule has 1 aliphatic rings. The van der Waals surface area contributed by atoms with Crippen molar-refractivity contribution >= 4 is 34.8 Å². The van der Waals surface area contributed by atoms with Gasteiger partial charge in [-0.25, -0.2) is 4.39 Å². The Morgan fingerprint density at radius 1 is 0.708 bits per heavy atom. The molecule has 2 aromatic rings. The summed E-state index contributed by atoms with van der Waals surface area (Å²) < 4.78 is 13.2. The van der Waals surface area contributed by atoms with Crippen LogP contribution in [0.4, 0.5) is 4.39 Å². The third-order valence-electron chi connectivity index (χ3n) is 4.25. The van der Waals surface area contributed by atoms with E-state index in [1.54, 1.807) is 12.1 Å². The van der Waals surface area contributed by atoms with Crippen LogP contribution in [0.25, 0.3) is 0 Å². The molecular weight excluding hydrogens is 370 g/mol. The minimum Gasteiger partial charge on any atom is -0.297 e. The first-order valence-electron chi connectivity index (χ1n) is 7.84. The van der Waals surface area contributed by atoms with E-state index in [0.717, 1.165) is 44.8 Å². The van der Waals surface area contributed by atoms with E-state index in [2.05, 4.69) is 9.80 Å². The summed E-state index contributed by atoms with van der Waals surface area (Å²) >= 11 is 17.9. The Morgan fingerprint density at radius 2 is 1.21 bits per heavy atom. The van der Waals surface area contributed by atoms with Crippen molar-refractivity contribution in [1.29, 1.82) is 0 Å². The van der Waals surface area contributed by atoms with E-state index in [9.17, 15) is 4.39 Å². The van der Waals surface area contributed by atoms with Crippen LogP contribution in [-0.4, -0.2) is 36.0 Å². The molecule has 0 bridgehead atoms. The second kappa shape index (κ2) is 8.03. The fraction of sp³-hybridized carbons (Fsp3) is 0.333. The van der Waals surface area contributed by atoms with Crippen LogP contribution >= 0.6 is 34.8 Å². The van der Waals surface area contributed by atoms with Crippen molar-refractivity contribution in [2.24, 2.45) is 0 Å². The van der Waals surface area contributed by atoms with Crippen molar-refractivity contribution in [3.05, 3.63) is 68.4 Å². The standard InChI is InChI=1S/C18H18Cl3FN2/c19-15-3-1-13(9-16(15)20)11-23-5-7-24(8-6-23)12-14-2-4-18(22)17(21)10-14/h1-4,9-10H,5-8,11-12H2. The van der Waals surface area contributed by atoms with Gasteiger partial charge in [-0.05, 0) is 35.4 Å². The molecule has 1 aliphatic heterocycles. The third-order valence-corrected chi connectivity index (χ3v) is 5.27. The number of piperazine rings is 1. The van der Waals surface area contributed by atoms with Gasteiger partial charge in [0.25, 0.3) is 0 Å². The van der Waals surface area contributed by atoms with E-state index in [4.69, 9.17) is 34.8 Å². The summed E-state index contributed by atoms with van der Waals surface area (Å²) in [5.41, 5.74) is 2.21. The highest BCUT2D eigenvalue weighted by molar-refractivity contribution is 6.42. The Balaban J connectivity index is 1.51. The lowest BCUT2D eigenvalue weighted by atomic mass is 10.1. The molecule has 0 saturated carbocycles. The molecule has 0 spiro atoms. The second-order valence-electron chi connectivity index (χ2n) is 6.05. The first-order chi connectivity index (χ1) is 11.5. The number of nitrogens with zero attached hydrogens (tertiary/aromatic N) is 2. The average molecular weight is 388 g/mol. The lowest BCUT2D eigenvalue weighted by Gasteiger charge is -2.34. The zero-order valence-electron chi connectivity index (χ0n) is 13.1. The number of hydrogen-bond donors (Lipinski definition) is 0. The predicted molar refractivity (Wildman–Crippen MR) is 98.4 cm³/mol. The van der Waals surface area contributed by atoms with E-state index < -0.39 is 0 Å². The van der Waals surface area contributed by atoms with Crippen LogP contribution in [0.15, 0.2) is 36.4 Å². The number of hydrogen-bond acceptors (Lipinski definition) is 2. The Labute approximate surface area is 156 Å². The largest absolute Gasteiger partial charge is 0.297 e. The topological polar surface area (TPSA) is 6.48 Å². The van der Waals surface area contributed by atoms with Gasteiger partial charge < -0.3 is 0 Å². The summed E-state index contributed by atoms with van der Waals surface area (Å²) in [6.07, 6.45) is 0. The first kappa shape index (κ1) is 18.0. The highest BCUT2D eigenvalue weighted by Gasteiger charge is 2.17. The molecule has 0 aliphatic carbocycles. The van der Waals surface area contributed by atoms with E-state index in [-0.39, 0.29) is 10.8 Å². The fourth-order valence-electron chi connectivity index (χ4n) is 2.90. The molecule has 0 N–H and O–H groups in total. The Kier molecular flexibility index (Phi) is 6.01. The maximum absolute atomic E-state index is 13.2. The molecule has 2 nitrogen and oxygen atoms in total. The third kappa shape index (κ3) is 4.62. The van der Waals surface area contributed by atoms with Gasteiger partial charge in [-0.2, -0.15) is 0 Å². The summed E-state index contributed by atoms with van der Waals surface area (Å²) in [7, 11) is 0. The highest BCUT2D eigenvalue weighted by atomic mass is 35.5. The van der Waals surface area contributed by atoms with Crippen molar-refractivity contribution in [2.45, 2.75) is 13.1 Å².